The zero-order valence-electron chi connectivity index (χ0n) is 13.2. The Hall–Kier alpha value is -0.420. The van der Waals surface area contributed by atoms with Crippen molar-refractivity contribution in [3.63, 3.8) is 0 Å². The summed E-state index contributed by atoms with van der Waals surface area (Å²) in [4.78, 5) is 3.63. The van der Waals surface area contributed by atoms with Crippen LogP contribution in [0.4, 0.5) is 0 Å². The SMILES string of the molecule is COc1cc(CN(C)CC2CCCNC2)ccc1SC.Cl. The van der Waals surface area contributed by atoms with E-state index in [-0.39, 0.29) is 12.4 Å². The number of hydrogen-bond acceptors (Lipinski definition) is 4. The van der Waals surface area contributed by atoms with Crippen molar-refractivity contribution in [2.75, 3.05) is 40.0 Å². The molecule has 3 nitrogen and oxygen atoms in total. The minimum Gasteiger partial charge on any atom is -0.496 e. The number of piperidine rings is 1. The summed E-state index contributed by atoms with van der Waals surface area (Å²) in [6.07, 6.45) is 4.75. The number of hydrogen-bond donors (Lipinski definition) is 1. The first-order valence-corrected chi connectivity index (χ1v) is 8.55. The van der Waals surface area contributed by atoms with Crippen molar-refractivity contribution in [1.82, 2.24) is 10.2 Å². The van der Waals surface area contributed by atoms with Crippen molar-refractivity contribution < 1.29 is 4.74 Å². The summed E-state index contributed by atoms with van der Waals surface area (Å²) in [5, 5.41) is 3.49. The van der Waals surface area contributed by atoms with Crippen molar-refractivity contribution in [2.24, 2.45) is 5.92 Å². The van der Waals surface area contributed by atoms with Gasteiger partial charge in [-0.3, -0.25) is 0 Å². The van der Waals surface area contributed by atoms with Gasteiger partial charge >= 0.3 is 0 Å². The fraction of sp³-hybridized carbons (Fsp3) is 0.625. The monoisotopic (exact) mass is 330 g/mol. The normalized spacial score (nSPS) is 18.4. The van der Waals surface area contributed by atoms with Gasteiger partial charge in [-0.25, -0.2) is 0 Å². The largest absolute Gasteiger partial charge is 0.496 e. The highest BCUT2D eigenvalue weighted by molar-refractivity contribution is 7.98. The molecule has 1 fully saturated rings. The molecular weight excluding hydrogens is 304 g/mol. The fourth-order valence-electron chi connectivity index (χ4n) is 2.88. The van der Waals surface area contributed by atoms with Gasteiger partial charge in [0, 0.05) is 18.0 Å². The van der Waals surface area contributed by atoms with Crippen molar-refractivity contribution in [3.8, 4) is 5.75 Å². The van der Waals surface area contributed by atoms with E-state index >= 15 is 0 Å². The quantitative estimate of drug-likeness (QED) is 0.809. The molecule has 0 spiro atoms. The molecule has 1 aliphatic heterocycles. The van der Waals surface area contributed by atoms with E-state index in [0.29, 0.717) is 0 Å². The molecule has 1 N–H and O–H groups in total. The lowest BCUT2D eigenvalue weighted by Crippen LogP contribution is -2.36. The Morgan fingerprint density at radius 2 is 2.24 bits per heavy atom. The third-order valence-electron chi connectivity index (χ3n) is 3.87. The van der Waals surface area contributed by atoms with Gasteiger partial charge in [-0.2, -0.15) is 0 Å². The van der Waals surface area contributed by atoms with Crippen molar-refractivity contribution in [3.05, 3.63) is 23.8 Å². The predicted molar refractivity (Wildman–Crippen MR) is 94.0 cm³/mol. The smallest absolute Gasteiger partial charge is 0.132 e. The summed E-state index contributed by atoms with van der Waals surface area (Å²) in [6.45, 7) is 4.51. The van der Waals surface area contributed by atoms with E-state index in [0.717, 1.165) is 18.2 Å². The van der Waals surface area contributed by atoms with Crippen LogP contribution in [-0.4, -0.2) is 44.9 Å². The lowest BCUT2D eigenvalue weighted by atomic mass is 9.99. The van der Waals surface area contributed by atoms with Crippen LogP contribution in [0.15, 0.2) is 23.1 Å². The number of nitrogens with one attached hydrogen (secondary N) is 1. The molecule has 1 aliphatic rings. The Labute approximate surface area is 139 Å². The zero-order valence-corrected chi connectivity index (χ0v) is 14.9. The van der Waals surface area contributed by atoms with Crippen molar-refractivity contribution in [1.29, 1.82) is 0 Å². The van der Waals surface area contributed by atoms with Gasteiger partial charge in [0.25, 0.3) is 0 Å². The molecular formula is C16H27ClN2OS. The highest BCUT2D eigenvalue weighted by atomic mass is 35.5. The summed E-state index contributed by atoms with van der Waals surface area (Å²) in [7, 11) is 3.96. The van der Waals surface area contributed by atoms with E-state index in [1.807, 2.05) is 0 Å². The molecule has 1 unspecified atom stereocenters. The maximum Gasteiger partial charge on any atom is 0.132 e. The topological polar surface area (TPSA) is 24.5 Å². The third kappa shape index (κ3) is 5.70. The second-order valence-corrected chi connectivity index (χ2v) is 6.45. The number of rotatable bonds is 6. The first-order valence-electron chi connectivity index (χ1n) is 7.33. The van der Waals surface area contributed by atoms with Crippen LogP contribution in [0.1, 0.15) is 18.4 Å². The molecule has 2 rings (SSSR count). The average Bonchev–Trinajstić information content (AvgIpc) is 2.48. The van der Waals surface area contributed by atoms with Gasteiger partial charge in [-0.15, -0.1) is 24.2 Å². The lowest BCUT2D eigenvalue weighted by molar-refractivity contribution is 0.237. The lowest BCUT2D eigenvalue weighted by Gasteiger charge is -2.27. The molecule has 1 heterocycles. The summed E-state index contributed by atoms with van der Waals surface area (Å²) in [5.41, 5.74) is 1.32. The highest BCUT2D eigenvalue weighted by Gasteiger charge is 2.15. The predicted octanol–water partition coefficient (Wildman–Crippen LogP) is 3.27. The summed E-state index contributed by atoms with van der Waals surface area (Å²) in [5.74, 6) is 1.78. The minimum absolute atomic E-state index is 0. The van der Waals surface area contributed by atoms with Gasteiger partial charge < -0.3 is 15.0 Å². The number of methoxy groups -OCH3 is 1. The van der Waals surface area contributed by atoms with Crippen molar-refractivity contribution >= 4 is 24.2 Å². The highest BCUT2D eigenvalue weighted by Crippen LogP contribution is 2.28. The van der Waals surface area contributed by atoms with Crippen LogP contribution in [0.3, 0.4) is 0 Å². The molecule has 5 heteroatoms. The standard InChI is InChI=1S/C16H26N2OS.ClH/c1-18(12-14-5-4-8-17-10-14)11-13-6-7-16(20-3)15(9-13)19-2;/h6-7,9,14,17H,4-5,8,10-12H2,1-3H3;1H. The minimum atomic E-state index is 0. The maximum atomic E-state index is 5.46. The van der Waals surface area contributed by atoms with E-state index < -0.39 is 0 Å². The van der Waals surface area contributed by atoms with Crippen molar-refractivity contribution in [2.45, 2.75) is 24.3 Å². The summed E-state index contributed by atoms with van der Waals surface area (Å²) < 4.78 is 5.46. The first kappa shape index (κ1) is 18.6. The Kier molecular flexibility index (Phi) is 8.49. The van der Waals surface area contributed by atoms with Crippen LogP contribution in [0, 0.1) is 5.92 Å². The van der Waals surface area contributed by atoms with E-state index in [4.69, 9.17) is 4.74 Å². The Balaban J connectivity index is 0.00000220. The summed E-state index contributed by atoms with van der Waals surface area (Å²) >= 11 is 1.73. The maximum absolute atomic E-state index is 5.46. The van der Waals surface area contributed by atoms with Gasteiger partial charge in [0.05, 0.1) is 7.11 Å². The molecule has 120 valence electrons. The van der Waals surface area contributed by atoms with E-state index in [2.05, 4.69) is 41.7 Å². The second kappa shape index (κ2) is 9.57. The molecule has 0 bridgehead atoms. The van der Waals surface area contributed by atoms with Crippen LogP contribution < -0.4 is 10.1 Å². The van der Waals surface area contributed by atoms with E-state index in [9.17, 15) is 0 Å². The number of ether oxygens (including phenoxy) is 1. The second-order valence-electron chi connectivity index (χ2n) is 5.60. The van der Waals surface area contributed by atoms with Gasteiger partial charge in [-0.1, -0.05) is 6.07 Å². The molecule has 1 atom stereocenters. The molecule has 0 aromatic heterocycles. The molecule has 0 aliphatic carbocycles. The van der Waals surface area contributed by atoms with Gasteiger partial charge in [0.2, 0.25) is 0 Å². The first-order chi connectivity index (χ1) is 9.72. The van der Waals surface area contributed by atoms with Crippen LogP contribution in [0.25, 0.3) is 0 Å². The van der Waals surface area contributed by atoms with Gasteiger partial charge in [-0.05, 0) is 62.8 Å². The number of thioether (sulfide) groups is 1. The molecule has 21 heavy (non-hydrogen) atoms. The van der Waals surface area contributed by atoms with Gasteiger partial charge in [0.15, 0.2) is 0 Å². The number of benzene rings is 1. The molecule has 0 amide bonds. The van der Waals surface area contributed by atoms with E-state index in [1.54, 1.807) is 18.9 Å². The van der Waals surface area contributed by atoms with Crippen LogP contribution in [0.5, 0.6) is 5.75 Å². The Morgan fingerprint density at radius 3 is 2.86 bits per heavy atom. The molecule has 0 saturated carbocycles. The molecule has 1 aromatic rings. The molecule has 1 saturated heterocycles. The average molecular weight is 331 g/mol. The Bertz CT molecular complexity index is 425. The molecule has 0 radical (unpaired) electrons. The third-order valence-corrected chi connectivity index (χ3v) is 4.65. The van der Waals surface area contributed by atoms with E-state index in [1.165, 1.54) is 42.9 Å². The van der Waals surface area contributed by atoms with Crippen LogP contribution in [-0.2, 0) is 6.54 Å². The van der Waals surface area contributed by atoms with Crippen LogP contribution >= 0.6 is 24.2 Å². The van der Waals surface area contributed by atoms with Gasteiger partial charge in [0.1, 0.15) is 5.75 Å². The molecule has 1 aromatic carbocycles. The fourth-order valence-corrected chi connectivity index (χ4v) is 3.42. The zero-order chi connectivity index (χ0) is 14.4. The number of halogens is 1. The number of nitrogens with zero attached hydrogens (tertiary/aromatic N) is 1. The van der Waals surface area contributed by atoms with Crippen LogP contribution in [0.2, 0.25) is 0 Å². The summed E-state index contributed by atoms with van der Waals surface area (Å²) in [6, 6.07) is 6.54. The Morgan fingerprint density at radius 1 is 1.43 bits per heavy atom.